The van der Waals surface area contributed by atoms with Gasteiger partial charge in [0.15, 0.2) is 6.10 Å². The second-order valence-electron chi connectivity index (χ2n) is 4.18. The van der Waals surface area contributed by atoms with Crippen molar-refractivity contribution >= 4 is 16.1 Å². The highest BCUT2D eigenvalue weighted by Crippen LogP contribution is 2.24. The number of methoxy groups -OCH3 is 1. The predicted molar refractivity (Wildman–Crippen MR) is 75.9 cm³/mol. The summed E-state index contributed by atoms with van der Waals surface area (Å²) in [5.41, 5.74) is 0.406. The molecule has 21 heavy (non-hydrogen) atoms. The van der Waals surface area contributed by atoms with Gasteiger partial charge in [-0.15, -0.1) is 0 Å². The third kappa shape index (κ3) is 3.68. The van der Waals surface area contributed by atoms with Gasteiger partial charge in [-0.1, -0.05) is 48.5 Å². The Morgan fingerprint density at radius 1 is 0.952 bits per heavy atom. The van der Waals surface area contributed by atoms with Gasteiger partial charge < -0.3 is 4.74 Å². The van der Waals surface area contributed by atoms with Crippen LogP contribution in [0.1, 0.15) is 11.7 Å². The average Bonchev–Trinajstić information content (AvgIpc) is 2.53. The van der Waals surface area contributed by atoms with Crippen molar-refractivity contribution in [3.8, 4) is 0 Å². The van der Waals surface area contributed by atoms with Crippen LogP contribution in [0.4, 0.5) is 0 Å². The van der Waals surface area contributed by atoms with Gasteiger partial charge >= 0.3 is 5.97 Å². The van der Waals surface area contributed by atoms with E-state index >= 15 is 0 Å². The van der Waals surface area contributed by atoms with E-state index in [1.165, 1.54) is 19.2 Å². The van der Waals surface area contributed by atoms with E-state index in [1.807, 2.05) is 0 Å². The van der Waals surface area contributed by atoms with Gasteiger partial charge in [0.25, 0.3) is 10.1 Å². The van der Waals surface area contributed by atoms with Crippen LogP contribution in [0.15, 0.2) is 65.6 Å². The smallest absolute Gasteiger partial charge is 0.341 e. The number of carbonyl (C=O) groups excluding carboxylic acids is 1. The van der Waals surface area contributed by atoms with Crippen LogP contribution >= 0.6 is 0 Å². The molecule has 0 aliphatic heterocycles. The predicted octanol–water partition coefficient (Wildman–Crippen LogP) is 2.31. The first kappa shape index (κ1) is 15.2. The van der Waals surface area contributed by atoms with Crippen molar-refractivity contribution in [2.45, 2.75) is 11.0 Å². The summed E-state index contributed by atoms with van der Waals surface area (Å²) < 4.78 is 34.1. The molecule has 1 atom stereocenters. The van der Waals surface area contributed by atoms with E-state index in [4.69, 9.17) is 4.18 Å². The summed E-state index contributed by atoms with van der Waals surface area (Å²) in [4.78, 5) is 11.8. The molecule has 2 aromatic carbocycles. The average molecular weight is 306 g/mol. The molecule has 0 aliphatic rings. The Bertz CT molecular complexity index is 695. The van der Waals surface area contributed by atoms with Crippen LogP contribution in [0.25, 0.3) is 0 Å². The minimum atomic E-state index is -4.06. The molecule has 0 heterocycles. The van der Waals surface area contributed by atoms with Gasteiger partial charge in [0.2, 0.25) is 0 Å². The third-order valence-corrected chi connectivity index (χ3v) is 4.07. The number of benzene rings is 2. The van der Waals surface area contributed by atoms with Crippen LogP contribution in [0, 0.1) is 0 Å². The van der Waals surface area contributed by atoms with E-state index < -0.39 is 22.2 Å². The van der Waals surface area contributed by atoms with Crippen LogP contribution in [0.3, 0.4) is 0 Å². The van der Waals surface area contributed by atoms with Gasteiger partial charge in [-0.05, 0) is 17.7 Å². The summed E-state index contributed by atoms with van der Waals surface area (Å²) >= 11 is 0. The second kappa shape index (κ2) is 6.51. The summed E-state index contributed by atoms with van der Waals surface area (Å²) in [5, 5.41) is 0. The van der Waals surface area contributed by atoms with Crippen LogP contribution in [-0.4, -0.2) is 21.5 Å². The fourth-order valence-corrected chi connectivity index (χ4v) is 2.78. The summed E-state index contributed by atoms with van der Waals surface area (Å²) in [6.45, 7) is 0. The zero-order chi connectivity index (χ0) is 15.3. The molecule has 0 amide bonds. The van der Waals surface area contributed by atoms with E-state index in [1.54, 1.807) is 48.5 Å². The minimum absolute atomic E-state index is 0.0187. The Morgan fingerprint density at radius 2 is 1.48 bits per heavy atom. The Hall–Kier alpha value is -2.18. The number of ether oxygens (including phenoxy) is 1. The van der Waals surface area contributed by atoms with E-state index in [0.717, 1.165) is 0 Å². The van der Waals surface area contributed by atoms with E-state index in [2.05, 4.69) is 4.74 Å². The van der Waals surface area contributed by atoms with E-state index in [0.29, 0.717) is 5.56 Å². The Labute approximate surface area is 123 Å². The fourth-order valence-electron chi connectivity index (χ4n) is 1.74. The van der Waals surface area contributed by atoms with Crippen LogP contribution in [0.5, 0.6) is 0 Å². The lowest BCUT2D eigenvalue weighted by molar-refractivity contribution is -0.149. The molecule has 0 fully saturated rings. The van der Waals surface area contributed by atoms with Gasteiger partial charge in [0.1, 0.15) is 0 Å². The molecule has 0 spiro atoms. The first-order valence-electron chi connectivity index (χ1n) is 6.16. The lowest BCUT2D eigenvalue weighted by Gasteiger charge is -2.15. The molecule has 6 heteroatoms. The summed E-state index contributed by atoms with van der Waals surface area (Å²) in [6.07, 6.45) is -1.33. The molecule has 2 aromatic rings. The molecule has 0 aromatic heterocycles. The van der Waals surface area contributed by atoms with Gasteiger partial charge in [-0.2, -0.15) is 8.42 Å². The Kier molecular flexibility index (Phi) is 4.72. The standard InChI is InChI=1S/C15H14O5S/c1-19-15(16)14(12-8-4-2-5-9-12)20-21(17,18)13-10-6-3-7-11-13/h2-11,14H,1H3. The largest absolute Gasteiger partial charge is 0.467 e. The molecular formula is C15H14O5S. The molecule has 0 radical (unpaired) electrons. The van der Waals surface area contributed by atoms with Crippen LogP contribution in [-0.2, 0) is 23.8 Å². The third-order valence-electron chi connectivity index (χ3n) is 2.77. The zero-order valence-corrected chi connectivity index (χ0v) is 12.1. The first-order chi connectivity index (χ1) is 10.0. The van der Waals surface area contributed by atoms with Crippen LogP contribution < -0.4 is 0 Å². The summed E-state index contributed by atoms with van der Waals surface area (Å²) in [6, 6.07) is 16.0. The maximum Gasteiger partial charge on any atom is 0.341 e. The highest BCUT2D eigenvalue weighted by atomic mass is 32.2. The van der Waals surface area contributed by atoms with Crippen molar-refractivity contribution < 1.29 is 22.1 Å². The topological polar surface area (TPSA) is 69.7 Å². The maximum absolute atomic E-state index is 12.2. The number of esters is 1. The molecule has 1 unspecified atom stereocenters. The Morgan fingerprint density at radius 3 is 2.00 bits per heavy atom. The summed E-state index contributed by atoms with van der Waals surface area (Å²) in [5.74, 6) is -0.777. The molecule has 0 N–H and O–H groups in total. The fraction of sp³-hybridized carbons (Fsp3) is 0.133. The molecule has 110 valence electrons. The van der Waals surface area contributed by atoms with Crippen molar-refractivity contribution in [3.05, 3.63) is 66.2 Å². The number of hydrogen-bond donors (Lipinski definition) is 0. The molecule has 0 saturated heterocycles. The van der Waals surface area contributed by atoms with Gasteiger partial charge in [0, 0.05) is 0 Å². The highest BCUT2D eigenvalue weighted by molar-refractivity contribution is 7.86. The van der Waals surface area contributed by atoms with Gasteiger partial charge in [0.05, 0.1) is 12.0 Å². The second-order valence-corrected chi connectivity index (χ2v) is 5.75. The van der Waals surface area contributed by atoms with Crippen molar-refractivity contribution in [2.75, 3.05) is 7.11 Å². The maximum atomic E-state index is 12.2. The normalized spacial score (nSPS) is 12.6. The van der Waals surface area contributed by atoms with Crippen LogP contribution in [0.2, 0.25) is 0 Å². The van der Waals surface area contributed by atoms with Gasteiger partial charge in [-0.3, -0.25) is 0 Å². The van der Waals surface area contributed by atoms with Gasteiger partial charge in [-0.25, -0.2) is 8.98 Å². The van der Waals surface area contributed by atoms with E-state index in [-0.39, 0.29) is 4.90 Å². The molecule has 2 rings (SSSR count). The molecule has 0 aliphatic carbocycles. The number of carbonyl (C=O) groups is 1. The van der Waals surface area contributed by atoms with Crippen molar-refractivity contribution in [1.29, 1.82) is 0 Å². The highest BCUT2D eigenvalue weighted by Gasteiger charge is 2.29. The number of rotatable bonds is 5. The Balaban J connectivity index is 2.34. The monoisotopic (exact) mass is 306 g/mol. The number of hydrogen-bond acceptors (Lipinski definition) is 5. The van der Waals surface area contributed by atoms with Crippen molar-refractivity contribution in [1.82, 2.24) is 0 Å². The minimum Gasteiger partial charge on any atom is -0.467 e. The summed E-state index contributed by atoms with van der Waals surface area (Å²) in [7, 11) is -2.89. The van der Waals surface area contributed by atoms with E-state index in [9.17, 15) is 13.2 Å². The molecular weight excluding hydrogens is 292 g/mol. The SMILES string of the molecule is COC(=O)C(OS(=O)(=O)c1ccccc1)c1ccccc1. The first-order valence-corrected chi connectivity index (χ1v) is 7.56. The molecule has 5 nitrogen and oxygen atoms in total. The quantitative estimate of drug-likeness (QED) is 0.626. The lowest BCUT2D eigenvalue weighted by Crippen LogP contribution is -2.21. The van der Waals surface area contributed by atoms with Crippen molar-refractivity contribution in [2.24, 2.45) is 0 Å². The van der Waals surface area contributed by atoms with Crippen molar-refractivity contribution in [3.63, 3.8) is 0 Å². The molecule has 0 bridgehead atoms. The lowest BCUT2D eigenvalue weighted by atomic mass is 10.1. The molecule has 0 saturated carbocycles. The zero-order valence-electron chi connectivity index (χ0n) is 11.3.